The number of hydrogen-bond acceptors (Lipinski definition) is 3. The molecule has 0 aromatic heterocycles. The Kier molecular flexibility index (Phi) is 4.35. The molecule has 84 valence electrons. The highest BCUT2D eigenvalue weighted by atomic mass is 16.5. The van der Waals surface area contributed by atoms with Gasteiger partial charge in [-0.15, -0.1) is 0 Å². The highest BCUT2D eigenvalue weighted by Crippen LogP contribution is 2.20. The lowest BCUT2D eigenvalue weighted by molar-refractivity contribution is 0.0448. The summed E-state index contributed by atoms with van der Waals surface area (Å²) in [7, 11) is 1.78. The number of rotatable bonds is 4. The van der Waals surface area contributed by atoms with E-state index in [-0.39, 0.29) is 0 Å². The van der Waals surface area contributed by atoms with Gasteiger partial charge in [0, 0.05) is 19.7 Å². The second kappa shape index (κ2) is 5.10. The Hall–Kier alpha value is -0.120. The molecule has 0 amide bonds. The summed E-state index contributed by atoms with van der Waals surface area (Å²) >= 11 is 0. The average molecular weight is 201 g/mol. The Balaban J connectivity index is 2.24. The topological polar surface area (TPSA) is 41.5 Å². The Morgan fingerprint density at radius 2 is 2.14 bits per heavy atom. The van der Waals surface area contributed by atoms with E-state index < -0.39 is 5.60 Å². The van der Waals surface area contributed by atoms with Crippen LogP contribution in [0.4, 0.5) is 0 Å². The summed E-state index contributed by atoms with van der Waals surface area (Å²) in [5.41, 5.74) is -0.611. The number of ether oxygens (including phenoxy) is 1. The van der Waals surface area contributed by atoms with Crippen molar-refractivity contribution in [3.63, 3.8) is 0 Å². The molecule has 0 aromatic carbocycles. The fraction of sp³-hybridized carbons (Fsp3) is 1.00. The molecule has 3 heteroatoms. The van der Waals surface area contributed by atoms with Crippen molar-refractivity contribution in [2.45, 2.75) is 57.3 Å². The molecule has 2 N–H and O–H groups in total. The third-order valence-electron chi connectivity index (χ3n) is 2.78. The summed E-state index contributed by atoms with van der Waals surface area (Å²) in [5, 5.41) is 13.0. The standard InChI is InChI=1S/C11H23NO2/c1-11(2,13)8-12-9-5-4-6-10(7-9)14-3/h9-10,12-13H,4-8H2,1-3H3. The zero-order chi connectivity index (χ0) is 10.6. The van der Waals surface area contributed by atoms with E-state index >= 15 is 0 Å². The molecule has 1 fully saturated rings. The van der Waals surface area contributed by atoms with Gasteiger partial charge in [-0.3, -0.25) is 0 Å². The minimum Gasteiger partial charge on any atom is -0.389 e. The van der Waals surface area contributed by atoms with E-state index in [4.69, 9.17) is 4.74 Å². The molecule has 1 rings (SSSR count). The van der Waals surface area contributed by atoms with E-state index in [1.807, 2.05) is 13.8 Å². The maximum absolute atomic E-state index is 9.58. The average Bonchev–Trinajstić information content (AvgIpc) is 2.14. The summed E-state index contributed by atoms with van der Waals surface area (Å²) in [6.07, 6.45) is 5.09. The van der Waals surface area contributed by atoms with Crippen molar-refractivity contribution in [2.75, 3.05) is 13.7 Å². The first-order valence-corrected chi connectivity index (χ1v) is 5.50. The van der Waals surface area contributed by atoms with Gasteiger partial charge in [-0.1, -0.05) is 0 Å². The number of hydrogen-bond donors (Lipinski definition) is 2. The summed E-state index contributed by atoms with van der Waals surface area (Å²) in [5.74, 6) is 0. The van der Waals surface area contributed by atoms with Crippen molar-refractivity contribution in [1.29, 1.82) is 0 Å². The highest BCUT2D eigenvalue weighted by Gasteiger charge is 2.23. The monoisotopic (exact) mass is 201 g/mol. The number of nitrogens with one attached hydrogen (secondary N) is 1. The first kappa shape index (κ1) is 12.0. The quantitative estimate of drug-likeness (QED) is 0.720. The highest BCUT2D eigenvalue weighted by molar-refractivity contribution is 4.80. The molecule has 3 nitrogen and oxygen atoms in total. The lowest BCUT2D eigenvalue weighted by Gasteiger charge is -2.31. The molecule has 0 aliphatic heterocycles. The smallest absolute Gasteiger partial charge is 0.0715 e. The molecule has 0 aromatic rings. The first-order chi connectivity index (χ1) is 6.51. The largest absolute Gasteiger partial charge is 0.389 e. The molecule has 0 spiro atoms. The maximum Gasteiger partial charge on any atom is 0.0715 e. The zero-order valence-corrected chi connectivity index (χ0v) is 9.55. The van der Waals surface area contributed by atoms with Crippen LogP contribution in [0.3, 0.4) is 0 Å². The van der Waals surface area contributed by atoms with Crippen molar-refractivity contribution in [3.05, 3.63) is 0 Å². The van der Waals surface area contributed by atoms with Crippen molar-refractivity contribution < 1.29 is 9.84 Å². The third kappa shape index (κ3) is 4.40. The maximum atomic E-state index is 9.58. The Bertz CT molecular complexity index is 165. The van der Waals surface area contributed by atoms with E-state index in [9.17, 15) is 5.11 Å². The minimum atomic E-state index is -0.611. The SMILES string of the molecule is COC1CCCC(NCC(C)(C)O)C1. The van der Waals surface area contributed by atoms with Gasteiger partial charge in [0.05, 0.1) is 11.7 Å². The Morgan fingerprint density at radius 1 is 1.43 bits per heavy atom. The van der Waals surface area contributed by atoms with Crippen molar-refractivity contribution in [1.82, 2.24) is 5.32 Å². The Labute approximate surface area is 86.8 Å². The molecule has 2 atom stereocenters. The first-order valence-electron chi connectivity index (χ1n) is 5.50. The van der Waals surface area contributed by atoms with Gasteiger partial charge in [0.1, 0.15) is 0 Å². The van der Waals surface area contributed by atoms with Crippen LogP contribution in [0.1, 0.15) is 39.5 Å². The predicted molar refractivity (Wildman–Crippen MR) is 57.4 cm³/mol. The van der Waals surface area contributed by atoms with Crippen LogP contribution in [0, 0.1) is 0 Å². The van der Waals surface area contributed by atoms with Gasteiger partial charge in [0.2, 0.25) is 0 Å². The van der Waals surface area contributed by atoms with Gasteiger partial charge in [-0.2, -0.15) is 0 Å². The summed E-state index contributed by atoms with van der Waals surface area (Å²) < 4.78 is 5.35. The lowest BCUT2D eigenvalue weighted by atomic mass is 9.92. The van der Waals surface area contributed by atoms with Crippen LogP contribution in [0.5, 0.6) is 0 Å². The van der Waals surface area contributed by atoms with E-state index in [1.54, 1.807) is 7.11 Å². The van der Waals surface area contributed by atoms with Gasteiger partial charge in [0.15, 0.2) is 0 Å². The van der Waals surface area contributed by atoms with E-state index in [0.717, 1.165) is 6.42 Å². The minimum absolute atomic E-state index is 0.406. The second-order valence-corrected chi connectivity index (χ2v) is 4.91. The Morgan fingerprint density at radius 3 is 2.71 bits per heavy atom. The van der Waals surface area contributed by atoms with E-state index in [0.29, 0.717) is 18.7 Å². The second-order valence-electron chi connectivity index (χ2n) is 4.91. The van der Waals surface area contributed by atoms with Crippen LogP contribution in [0.25, 0.3) is 0 Å². The number of methoxy groups -OCH3 is 1. The van der Waals surface area contributed by atoms with Crippen molar-refractivity contribution >= 4 is 0 Å². The van der Waals surface area contributed by atoms with Gasteiger partial charge in [-0.25, -0.2) is 0 Å². The molecule has 0 radical (unpaired) electrons. The summed E-state index contributed by atoms with van der Waals surface area (Å²) in [6, 6.07) is 0.514. The van der Waals surface area contributed by atoms with Gasteiger partial charge in [-0.05, 0) is 39.5 Å². The zero-order valence-electron chi connectivity index (χ0n) is 9.55. The molecule has 0 saturated heterocycles. The van der Waals surface area contributed by atoms with Gasteiger partial charge < -0.3 is 15.2 Å². The molecular formula is C11H23NO2. The molecule has 0 heterocycles. The van der Waals surface area contributed by atoms with Crippen LogP contribution < -0.4 is 5.32 Å². The fourth-order valence-electron chi connectivity index (χ4n) is 1.94. The third-order valence-corrected chi connectivity index (χ3v) is 2.78. The van der Waals surface area contributed by atoms with Crippen molar-refractivity contribution in [3.8, 4) is 0 Å². The van der Waals surface area contributed by atoms with Crippen LogP contribution in [0.15, 0.2) is 0 Å². The predicted octanol–water partition coefficient (Wildman–Crippen LogP) is 1.30. The van der Waals surface area contributed by atoms with Crippen LogP contribution in [0.2, 0.25) is 0 Å². The van der Waals surface area contributed by atoms with Gasteiger partial charge in [0.25, 0.3) is 0 Å². The van der Waals surface area contributed by atoms with Gasteiger partial charge >= 0.3 is 0 Å². The molecule has 1 saturated carbocycles. The van der Waals surface area contributed by atoms with E-state index in [2.05, 4.69) is 5.32 Å². The lowest BCUT2D eigenvalue weighted by Crippen LogP contribution is -2.43. The molecule has 1 aliphatic carbocycles. The van der Waals surface area contributed by atoms with Crippen LogP contribution in [-0.2, 0) is 4.74 Å². The van der Waals surface area contributed by atoms with Crippen LogP contribution >= 0.6 is 0 Å². The summed E-state index contributed by atoms with van der Waals surface area (Å²) in [4.78, 5) is 0. The summed E-state index contributed by atoms with van der Waals surface area (Å²) in [6.45, 7) is 4.32. The molecular weight excluding hydrogens is 178 g/mol. The van der Waals surface area contributed by atoms with Crippen LogP contribution in [-0.4, -0.2) is 36.5 Å². The number of aliphatic hydroxyl groups is 1. The molecule has 0 bridgehead atoms. The fourth-order valence-corrected chi connectivity index (χ4v) is 1.94. The molecule has 2 unspecified atom stereocenters. The normalized spacial score (nSPS) is 29.1. The molecule has 14 heavy (non-hydrogen) atoms. The van der Waals surface area contributed by atoms with Crippen molar-refractivity contribution in [2.24, 2.45) is 0 Å². The van der Waals surface area contributed by atoms with E-state index in [1.165, 1.54) is 19.3 Å². The molecule has 1 aliphatic rings.